The number of rotatable bonds is 9. The summed E-state index contributed by atoms with van der Waals surface area (Å²) < 4.78 is 20.6. The van der Waals surface area contributed by atoms with E-state index in [-0.39, 0.29) is 18.8 Å². The minimum absolute atomic E-state index is 0.210. The molecule has 7 nitrogen and oxygen atoms in total. The first-order valence-electron chi connectivity index (χ1n) is 14.8. The number of halogens is 2. The molecule has 234 valence electrons. The highest BCUT2D eigenvalue weighted by Crippen LogP contribution is 2.37. The van der Waals surface area contributed by atoms with Crippen LogP contribution < -0.4 is 24.4 Å². The second kappa shape index (κ2) is 13.8. The molecule has 0 aliphatic carbocycles. The summed E-state index contributed by atoms with van der Waals surface area (Å²) in [4.78, 5) is 32.9. The highest BCUT2D eigenvalue weighted by molar-refractivity contribution is 14.1. The smallest absolute Gasteiger partial charge is 0.338 e. The highest BCUT2D eigenvalue weighted by Gasteiger charge is 2.34. The summed E-state index contributed by atoms with van der Waals surface area (Å²) in [6.07, 6.45) is 1.83. The summed E-state index contributed by atoms with van der Waals surface area (Å²) in [6, 6.07) is 24.5. The number of hydrogen-bond acceptors (Lipinski definition) is 7. The third kappa shape index (κ3) is 6.23. The summed E-state index contributed by atoms with van der Waals surface area (Å²) in [7, 11) is 0. The molecule has 0 fully saturated rings. The molecule has 1 atom stereocenters. The van der Waals surface area contributed by atoms with E-state index in [2.05, 4.69) is 22.6 Å². The van der Waals surface area contributed by atoms with Crippen LogP contribution in [0.2, 0.25) is 5.02 Å². The van der Waals surface area contributed by atoms with Crippen LogP contribution in [0.1, 0.15) is 43.5 Å². The zero-order valence-electron chi connectivity index (χ0n) is 25.4. The lowest BCUT2D eigenvalue weighted by Gasteiger charge is -2.25. The van der Waals surface area contributed by atoms with Crippen LogP contribution >= 0.6 is 45.5 Å². The normalized spacial score (nSPS) is 14.6. The fraction of sp³-hybridized carbons (Fsp3) is 0.194. The summed E-state index contributed by atoms with van der Waals surface area (Å²) in [6.45, 7) is 6.39. The van der Waals surface area contributed by atoms with Crippen molar-refractivity contribution in [1.29, 1.82) is 0 Å². The zero-order valence-corrected chi connectivity index (χ0v) is 29.1. The number of aromatic nitrogens is 1. The maximum atomic E-state index is 14.3. The van der Waals surface area contributed by atoms with Crippen molar-refractivity contribution >= 4 is 68.3 Å². The summed E-state index contributed by atoms with van der Waals surface area (Å²) in [5.41, 5.74) is 3.10. The average molecular weight is 765 g/mol. The number of ether oxygens (including phenoxy) is 3. The Hall–Kier alpha value is -3.93. The van der Waals surface area contributed by atoms with Gasteiger partial charge in [0.15, 0.2) is 16.3 Å². The number of fused-ring (bicyclic) bond motifs is 2. The Bertz CT molecular complexity index is 2180. The third-order valence-electron chi connectivity index (χ3n) is 7.59. The fourth-order valence-corrected chi connectivity index (χ4v) is 7.58. The number of carbonyl (C=O) groups is 1. The Labute approximate surface area is 288 Å². The maximum Gasteiger partial charge on any atom is 0.338 e. The first kappa shape index (κ1) is 32.0. The van der Waals surface area contributed by atoms with Gasteiger partial charge in [-0.2, -0.15) is 0 Å². The van der Waals surface area contributed by atoms with E-state index in [9.17, 15) is 9.59 Å². The van der Waals surface area contributed by atoms with E-state index in [0.29, 0.717) is 43.7 Å². The number of thiazole rings is 1. The topological polar surface area (TPSA) is 79.1 Å². The molecule has 10 heteroatoms. The van der Waals surface area contributed by atoms with Gasteiger partial charge in [-0.15, -0.1) is 0 Å². The average Bonchev–Trinajstić information content (AvgIpc) is 3.34. The van der Waals surface area contributed by atoms with E-state index >= 15 is 0 Å². The van der Waals surface area contributed by atoms with Crippen LogP contribution in [-0.2, 0) is 16.1 Å². The lowest BCUT2D eigenvalue weighted by Crippen LogP contribution is -2.40. The van der Waals surface area contributed by atoms with Gasteiger partial charge in [-0.25, -0.2) is 9.79 Å². The Balaban J connectivity index is 1.47. The number of benzene rings is 4. The van der Waals surface area contributed by atoms with Crippen LogP contribution in [0.4, 0.5) is 0 Å². The zero-order chi connectivity index (χ0) is 32.4. The number of nitrogens with zero attached hydrogens (tertiary/aromatic N) is 2. The molecular formula is C36H30ClIN2O5S. The van der Waals surface area contributed by atoms with Gasteiger partial charge < -0.3 is 14.2 Å². The van der Waals surface area contributed by atoms with Crippen molar-refractivity contribution in [1.82, 2.24) is 4.57 Å². The van der Waals surface area contributed by atoms with Crippen LogP contribution in [-0.4, -0.2) is 23.8 Å². The Morgan fingerprint density at radius 2 is 1.78 bits per heavy atom. The molecule has 1 aliphatic rings. The van der Waals surface area contributed by atoms with Crippen molar-refractivity contribution in [3.8, 4) is 11.5 Å². The van der Waals surface area contributed by atoms with E-state index in [1.807, 2.05) is 91.9 Å². The second-order valence-electron chi connectivity index (χ2n) is 10.5. The first-order valence-corrected chi connectivity index (χ1v) is 17.1. The van der Waals surface area contributed by atoms with Gasteiger partial charge in [0.25, 0.3) is 5.56 Å². The first-order chi connectivity index (χ1) is 22.3. The lowest BCUT2D eigenvalue weighted by molar-refractivity contribution is -0.139. The standard InChI is InChI=1S/C36H30ClIN2O5S/c1-4-43-29-18-22(17-28(38)33(29)45-20-24-12-7-9-16-27(24)37)19-30-34(41)40-32(26-15-10-13-23-11-6-8-14-25(23)26)31(35(42)44-5-2)21(3)39-36(40)46-30/h6-19,32H,4-5,20H2,1-3H3/b30-19+/t32-/m0/s1. The second-order valence-corrected chi connectivity index (χ2v) is 13.1. The van der Waals surface area contributed by atoms with Crippen molar-refractivity contribution in [3.05, 3.63) is 135 Å². The minimum atomic E-state index is -0.705. The number of allylic oxidation sites excluding steroid dienone is 1. The molecule has 1 aliphatic heterocycles. The van der Waals surface area contributed by atoms with Gasteiger partial charge in [0.05, 0.1) is 38.6 Å². The molecule has 0 amide bonds. The summed E-state index contributed by atoms with van der Waals surface area (Å²) in [5, 5.41) is 2.59. The molecule has 0 unspecified atom stereocenters. The predicted octanol–water partition coefficient (Wildman–Crippen LogP) is 7.19. The summed E-state index contributed by atoms with van der Waals surface area (Å²) in [5.74, 6) is 0.681. The van der Waals surface area contributed by atoms with Gasteiger partial charge in [-0.1, -0.05) is 83.6 Å². The van der Waals surface area contributed by atoms with Gasteiger partial charge in [-0.3, -0.25) is 9.36 Å². The van der Waals surface area contributed by atoms with Crippen molar-refractivity contribution < 1.29 is 19.0 Å². The number of carbonyl (C=O) groups excluding carboxylic acids is 1. The highest BCUT2D eigenvalue weighted by atomic mass is 127. The molecule has 0 spiro atoms. The molecule has 2 heterocycles. The van der Waals surface area contributed by atoms with Gasteiger partial charge in [0.1, 0.15) is 6.61 Å². The molecule has 5 aromatic rings. The van der Waals surface area contributed by atoms with Gasteiger partial charge in [0, 0.05) is 10.6 Å². The van der Waals surface area contributed by atoms with Crippen LogP contribution in [0, 0.1) is 3.57 Å². The van der Waals surface area contributed by atoms with Crippen molar-refractivity contribution in [2.24, 2.45) is 4.99 Å². The van der Waals surface area contributed by atoms with Crippen LogP contribution in [0.15, 0.2) is 99.9 Å². The van der Waals surface area contributed by atoms with Gasteiger partial charge in [0.2, 0.25) is 0 Å². The molecular weight excluding hydrogens is 735 g/mol. The number of esters is 1. The summed E-state index contributed by atoms with van der Waals surface area (Å²) >= 11 is 9.85. The predicted molar refractivity (Wildman–Crippen MR) is 190 cm³/mol. The lowest BCUT2D eigenvalue weighted by atomic mass is 9.91. The molecule has 0 radical (unpaired) electrons. The monoisotopic (exact) mass is 764 g/mol. The van der Waals surface area contributed by atoms with Crippen LogP contribution in [0.5, 0.6) is 11.5 Å². The fourth-order valence-electron chi connectivity index (χ4n) is 5.57. The molecule has 0 saturated carbocycles. The largest absolute Gasteiger partial charge is 0.490 e. The Morgan fingerprint density at radius 3 is 2.57 bits per heavy atom. The van der Waals surface area contributed by atoms with Crippen LogP contribution in [0.25, 0.3) is 16.8 Å². The third-order valence-corrected chi connectivity index (χ3v) is 9.75. The van der Waals surface area contributed by atoms with E-state index in [0.717, 1.165) is 31.0 Å². The van der Waals surface area contributed by atoms with E-state index < -0.39 is 12.0 Å². The molecule has 4 aromatic carbocycles. The minimum Gasteiger partial charge on any atom is -0.490 e. The van der Waals surface area contributed by atoms with Crippen molar-refractivity contribution in [3.63, 3.8) is 0 Å². The molecule has 6 rings (SSSR count). The Morgan fingerprint density at radius 1 is 1.02 bits per heavy atom. The van der Waals surface area contributed by atoms with Gasteiger partial charge in [-0.05, 0) is 89.5 Å². The molecule has 0 saturated heterocycles. The van der Waals surface area contributed by atoms with E-state index in [1.165, 1.54) is 11.3 Å². The van der Waals surface area contributed by atoms with Crippen LogP contribution in [0.3, 0.4) is 0 Å². The molecule has 0 bridgehead atoms. The Kier molecular flexibility index (Phi) is 9.62. The van der Waals surface area contributed by atoms with E-state index in [1.54, 1.807) is 18.4 Å². The SMILES string of the molecule is CCOC(=O)C1=C(C)N=c2s/c(=C/c3cc(I)c(OCc4ccccc4Cl)c(OCC)c3)c(=O)n2[C@H]1c1cccc2ccccc12. The molecule has 1 aromatic heterocycles. The molecule has 0 N–H and O–H groups in total. The van der Waals surface area contributed by atoms with E-state index in [4.69, 9.17) is 30.8 Å². The van der Waals surface area contributed by atoms with Crippen molar-refractivity contribution in [2.45, 2.75) is 33.4 Å². The quantitative estimate of drug-likeness (QED) is 0.117. The van der Waals surface area contributed by atoms with Gasteiger partial charge >= 0.3 is 5.97 Å². The molecule has 46 heavy (non-hydrogen) atoms. The number of hydrogen-bond donors (Lipinski definition) is 0. The maximum absolute atomic E-state index is 14.3. The van der Waals surface area contributed by atoms with Crippen molar-refractivity contribution in [2.75, 3.05) is 13.2 Å².